The van der Waals surface area contributed by atoms with Crippen molar-refractivity contribution in [3.05, 3.63) is 96.1 Å². The first-order valence-electron chi connectivity index (χ1n) is 10.3. The van der Waals surface area contributed by atoms with Gasteiger partial charge in [0.2, 0.25) is 0 Å². The van der Waals surface area contributed by atoms with Gasteiger partial charge in [-0.2, -0.15) is 0 Å². The molecule has 0 aliphatic rings. The Morgan fingerprint density at radius 2 is 1.09 bits per heavy atom. The summed E-state index contributed by atoms with van der Waals surface area (Å²) in [6.07, 6.45) is 4.96. The Morgan fingerprint density at radius 1 is 0.688 bits per heavy atom. The van der Waals surface area contributed by atoms with Crippen molar-refractivity contribution in [2.24, 2.45) is 0 Å². The molecule has 0 saturated heterocycles. The second-order valence-corrected chi connectivity index (χ2v) is 8.48. The fraction of sp³-hybridized carbons (Fsp3) is 0.238. The van der Waals surface area contributed by atoms with E-state index in [1.807, 2.05) is 71.6 Å². The predicted molar refractivity (Wildman–Crippen MR) is 111 cm³/mol. The number of pyridine rings is 2. The summed E-state index contributed by atoms with van der Waals surface area (Å²) >= 11 is 0. The molecule has 2 heterocycles. The van der Waals surface area contributed by atoms with E-state index >= 15 is 0 Å². The van der Waals surface area contributed by atoms with Crippen molar-refractivity contribution in [1.82, 2.24) is 14.9 Å². The second-order valence-electron chi connectivity index (χ2n) is 6.57. The predicted octanol–water partition coefficient (Wildman–Crippen LogP) is 7.14. The Labute approximate surface area is 196 Å². The molecule has 180 valence electrons. The number of rotatable bonds is 8. The van der Waals surface area contributed by atoms with Crippen LogP contribution in [-0.4, -0.2) is 28.0 Å². The molecule has 0 saturated carbocycles. The number of hydrogen-bond acceptors (Lipinski definition) is 3. The molecule has 0 radical (unpaired) electrons. The maximum atomic E-state index is 9.87. The van der Waals surface area contributed by atoms with Crippen LogP contribution >= 0.6 is 7.81 Å². The SMILES string of the molecule is F[P-](F)(F)(F)(F)F.[2H]C([2H])(c1ccccc1)N(CCc1ccccn1)CCc1ccccn1.[Cu+]. The van der Waals surface area contributed by atoms with Gasteiger partial charge in [0.1, 0.15) is 0 Å². The van der Waals surface area contributed by atoms with Crippen LogP contribution in [0, 0.1) is 0 Å². The van der Waals surface area contributed by atoms with E-state index in [4.69, 9.17) is 2.74 Å². The van der Waals surface area contributed by atoms with E-state index in [1.54, 1.807) is 12.4 Å². The molecule has 0 aliphatic heterocycles. The fourth-order valence-corrected chi connectivity index (χ4v) is 2.51. The maximum absolute atomic E-state index is 10.7. The second kappa shape index (κ2) is 11.2. The first kappa shape index (κ1) is 24.6. The maximum Gasteiger partial charge on any atom is 1.00 e. The molecule has 3 rings (SSSR count). The molecule has 0 spiro atoms. The molecular weight excluding hydrogens is 503 g/mol. The summed E-state index contributed by atoms with van der Waals surface area (Å²) in [4.78, 5) is 10.6. The van der Waals surface area contributed by atoms with Gasteiger partial charge in [0.05, 0.1) is 0 Å². The minimum atomic E-state index is -10.7. The first-order valence-corrected chi connectivity index (χ1v) is 11.3. The van der Waals surface area contributed by atoms with Crippen LogP contribution in [0.1, 0.15) is 19.7 Å². The molecule has 0 fully saturated rings. The van der Waals surface area contributed by atoms with Crippen LogP contribution < -0.4 is 0 Å². The molecule has 0 N–H and O–H groups in total. The van der Waals surface area contributed by atoms with Crippen LogP contribution in [0.15, 0.2) is 79.1 Å². The summed E-state index contributed by atoms with van der Waals surface area (Å²) < 4.78 is 76.6. The van der Waals surface area contributed by atoms with Gasteiger partial charge in [-0.05, 0) is 29.8 Å². The average Bonchev–Trinajstić information content (AvgIpc) is 2.73. The number of benzene rings is 1. The normalized spacial score (nSPS) is 14.6. The summed E-state index contributed by atoms with van der Waals surface area (Å²) in [7, 11) is -10.7. The number of halogens is 6. The molecule has 3 nitrogen and oxygen atoms in total. The van der Waals surface area contributed by atoms with Crippen molar-refractivity contribution >= 4 is 7.81 Å². The summed E-state index contributed by atoms with van der Waals surface area (Å²) in [6.45, 7) is -0.373. The van der Waals surface area contributed by atoms with E-state index in [-0.39, 0.29) is 17.1 Å². The Hall–Kier alpha value is -1.99. The Morgan fingerprint density at radius 3 is 1.47 bits per heavy atom. The van der Waals surface area contributed by atoms with Gasteiger partial charge in [-0.25, -0.2) is 0 Å². The standard InChI is InChI=1S/C21H23N3.Cu.F6P/c1-2-8-19(9-3-1)18-24(16-12-20-10-4-6-14-22-20)17-13-21-11-5-7-15-23-21;;1-7(2,3,4,5)6/h1-11,14-15H,12-13,16-18H2;;/q;+1;-1/i18D2;;. The fourth-order valence-electron chi connectivity index (χ4n) is 2.51. The van der Waals surface area contributed by atoms with Gasteiger partial charge in [0, 0.05) is 59.0 Å². The molecule has 0 unspecified atom stereocenters. The zero-order valence-corrected chi connectivity index (χ0v) is 18.5. The monoisotopic (exact) mass is 527 g/mol. The van der Waals surface area contributed by atoms with Crippen molar-refractivity contribution in [2.75, 3.05) is 13.1 Å². The molecule has 3 aromatic rings. The van der Waals surface area contributed by atoms with Crippen LogP contribution in [0.4, 0.5) is 25.2 Å². The van der Waals surface area contributed by atoms with Crippen molar-refractivity contribution in [3.8, 4) is 0 Å². The van der Waals surface area contributed by atoms with Crippen LogP contribution in [0.5, 0.6) is 0 Å². The molecule has 11 heteroatoms. The summed E-state index contributed by atoms with van der Waals surface area (Å²) in [6, 6.07) is 21.0. The van der Waals surface area contributed by atoms with E-state index in [2.05, 4.69) is 9.97 Å². The van der Waals surface area contributed by atoms with Gasteiger partial charge < -0.3 is 0 Å². The minimum absolute atomic E-state index is 0. The smallest absolute Gasteiger partial charge is 0.298 e. The van der Waals surface area contributed by atoms with Crippen LogP contribution in [0.2, 0.25) is 0 Å². The van der Waals surface area contributed by atoms with Gasteiger partial charge in [0.25, 0.3) is 0 Å². The molecule has 0 bridgehead atoms. The van der Waals surface area contributed by atoms with Gasteiger partial charge in [-0.3, -0.25) is 14.9 Å². The minimum Gasteiger partial charge on any atom is -0.298 e. The number of hydrogen-bond donors (Lipinski definition) is 0. The Bertz CT molecular complexity index is 944. The molecule has 32 heavy (non-hydrogen) atoms. The zero-order chi connectivity index (χ0) is 24.7. The molecular formula is C21H23CuF6N3P. The van der Waals surface area contributed by atoms with E-state index in [1.165, 1.54) is 0 Å². The van der Waals surface area contributed by atoms with Crippen LogP contribution in [0.3, 0.4) is 0 Å². The molecule has 2 aromatic heterocycles. The van der Waals surface area contributed by atoms with E-state index in [0.29, 0.717) is 31.5 Å². The van der Waals surface area contributed by atoms with Crippen molar-refractivity contribution < 1.29 is 45.0 Å². The first-order chi connectivity index (χ1) is 15.1. The van der Waals surface area contributed by atoms with E-state index < -0.39 is 14.3 Å². The summed E-state index contributed by atoms with van der Waals surface area (Å²) in [5.41, 5.74) is 2.61. The van der Waals surface area contributed by atoms with Crippen LogP contribution in [0.25, 0.3) is 0 Å². The zero-order valence-electron chi connectivity index (χ0n) is 18.7. The third-order valence-electron chi connectivity index (χ3n) is 3.79. The Kier molecular flexibility index (Phi) is 8.65. The third kappa shape index (κ3) is 15.8. The summed E-state index contributed by atoms with van der Waals surface area (Å²) in [5, 5.41) is 0. The quantitative estimate of drug-likeness (QED) is 0.177. The molecule has 0 amide bonds. The number of nitrogens with zero attached hydrogens (tertiary/aromatic N) is 3. The van der Waals surface area contributed by atoms with Gasteiger partial charge >= 0.3 is 50.1 Å². The topological polar surface area (TPSA) is 29.0 Å². The number of aromatic nitrogens is 2. The van der Waals surface area contributed by atoms with Gasteiger partial charge in [0.15, 0.2) is 0 Å². The van der Waals surface area contributed by atoms with Crippen molar-refractivity contribution in [2.45, 2.75) is 19.3 Å². The van der Waals surface area contributed by atoms with Gasteiger partial charge in [-0.15, -0.1) is 0 Å². The van der Waals surface area contributed by atoms with Gasteiger partial charge in [-0.1, -0.05) is 42.5 Å². The third-order valence-corrected chi connectivity index (χ3v) is 3.79. The van der Waals surface area contributed by atoms with E-state index in [0.717, 1.165) is 11.4 Å². The largest absolute Gasteiger partial charge is 1.00 e. The summed E-state index contributed by atoms with van der Waals surface area (Å²) in [5.74, 6) is 0. The van der Waals surface area contributed by atoms with E-state index in [9.17, 15) is 25.2 Å². The molecule has 0 atom stereocenters. The van der Waals surface area contributed by atoms with Crippen molar-refractivity contribution in [3.63, 3.8) is 0 Å². The average molecular weight is 528 g/mol. The Balaban J connectivity index is 0.000000633. The molecule has 0 aliphatic carbocycles. The van der Waals surface area contributed by atoms with Crippen LogP contribution in [-0.2, 0) is 36.4 Å². The van der Waals surface area contributed by atoms with Crippen molar-refractivity contribution in [1.29, 1.82) is 0 Å². The molecule has 1 aromatic carbocycles.